The minimum absolute atomic E-state index is 0.0176. The molecule has 0 aliphatic rings. The maximum Gasteiger partial charge on any atom is 0.326 e. The van der Waals surface area contributed by atoms with E-state index in [0.29, 0.717) is 16.0 Å². The molecule has 0 radical (unpaired) electrons. The Morgan fingerprint density at radius 2 is 1.80 bits per heavy atom. The number of rotatable bonds is 3. The van der Waals surface area contributed by atoms with Gasteiger partial charge in [0.15, 0.2) is 0 Å². The molecule has 0 unspecified atom stereocenters. The van der Waals surface area contributed by atoms with Gasteiger partial charge < -0.3 is 0 Å². The third kappa shape index (κ3) is 4.36. The number of hydrogen-bond acceptors (Lipinski definition) is 6. The molecular formula is C17H18N6OS. The molecule has 0 aliphatic heterocycles. The molecule has 128 valence electrons. The fourth-order valence-electron chi connectivity index (χ4n) is 2.04. The van der Waals surface area contributed by atoms with Gasteiger partial charge in [0.25, 0.3) is 0 Å². The first-order valence-electron chi connectivity index (χ1n) is 7.70. The van der Waals surface area contributed by atoms with Gasteiger partial charge in [-0.3, -0.25) is 15.6 Å². The molecule has 3 aromatic heterocycles. The number of nitrogens with zero attached hydrogens (tertiary/aromatic N) is 4. The number of anilines is 2. The minimum atomic E-state index is -0.409. The molecule has 0 atom stereocenters. The van der Waals surface area contributed by atoms with E-state index in [1.54, 1.807) is 24.7 Å². The molecule has 8 heteroatoms. The minimum Gasteiger partial charge on any atom is -0.292 e. The molecule has 0 aliphatic carbocycles. The highest BCUT2D eigenvalue weighted by Crippen LogP contribution is 2.26. The lowest BCUT2D eigenvalue weighted by Crippen LogP contribution is -2.20. The summed E-state index contributed by atoms with van der Waals surface area (Å²) in [6.45, 7) is 6.33. The molecule has 0 fully saturated rings. The maximum absolute atomic E-state index is 12.1. The predicted octanol–water partition coefficient (Wildman–Crippen LogP) is 3.94. The van der Waals surface area contributed by atoms with E-state index in [0.717, 1.165) is 11.1 Å². The standard InChI is InChI=1S/C17H18N6OS/c1-17(2,3)12-4-5-13(19-10-12)20-15(24)21-16-23-22-14(25-16)11-6-8-18-9-7-11/h4-10H,1-3H3,(H2,19,20,21,23,24). The summed E-state index contributed by atoms with van der Waals surface area (Å²) in [5.74, 6) is 0.476. The molecule has 3 heterocycles. The van der Waals surface area contributed by atoms with Gasteiger partial charge in [0.1, 0.15) is 10.8 Å². The van der Waals surface area contributed by atoms with Crippen molar-refractivity contribution in [3.8, 4) is 10.6 Å². The van der Waals surface area contributed by atoms with E-state index in [9.17, 15) is 4.79 Å². The summed E-state index contributed by atoms with van der Waals surface area (Å²) in [5, 5.41) is 14.5. The van der Waals surface area contributed by atoms with Gasteiger partial charge in [0.05, 0.1) is 0 Å². The number of amides is 2. The number of urea groups is 1. The first-order valence-corrected chi connectivity index (χ1v) is 8.52. The van der Waals surface area contributed by atoms with Gasteiger partial charge in [-0.05, 0) is 29.2 Å². The largest absolute Gasteiger partial charge is 0.326 e. The lowest BCUT2D eigenvalue weighted by atomic mass is 9.88. The molecule has 0 saturated heterocycles. The highest BCUT2D eigenvalue weighted by Gasteiger charge is 2.14. The first kappa shape index (κ1) is 17.0. The zero-order valence-electron chi connectivity index (χ0n) is 14.1. The second-order valence-corrected chi connectivity index (χ2v) is 7.39. The average Bonchev–Trinajstić information content (AvgIpc) is 3.03. The van der Waals surface area contributed by atoms with Gasteiger partial charge in [0, 0.05) is 24.2 Å². The first-order chi connectivity index (χ1) is 11.9. The molecule has 0 spiro atoms. The average molecular weight is 354 g/mol. The van der Waals surface area contributed by atoms with Crippen LogP contribution in [0.5, 0.6) is 0 Å². The van der Waals surface area contributed by atoms with Gasteiger partial charge in [-0.2, -0.15) is 0 Å². The Bertz CT molecular complexity index is 855. The Labute approximate surface area is 149 Å². The smallest absolute Gasteiger partial charge is 0.292 e. The van der Waals surface area contributed by atoms with Crippen LogP contribution in [0, 0.1) is 0 Å². The number of nitrogens with one attached hydrogen (secondary N) is 2. The predicted molar refractivity (Wildman–Crippen MR) is 98.7 cm³/mol. The molecular weight excluding hydrogens is 336 g/mol. The summed E-state index contributed by atoms with van der Waals surface area (Å²) in [4.78, 5) is 20.3. The van der Waals surface area contributed by atoms with E-state index in [1.807, 2.05) is 18.2 Å². The van der Waals surface area contributed by atoms with Crippen LogP contribution in [-0.4, -0.2) is 26.2 Å². The number of pyridine rings is 2. The third-order valence-electron chi connectivity index (χ3n) is 3.44. The number of aromatic nitrogens is 4. The van der Waals surface area contributed by atoms with Crippen molar-refractivity contribution in [3.05, 3.63) is 48.4 Å². The molecule has 0 saturated carbocycles. The summed E-state index contributed by atoms with van der Waals surface area (Å²) in [7, 11) is 0. The van der Waals surface area contributed by atoms with Crippen LogP contribution < -0.4 is 10.6 Å². The van der Waals surface area contributed by atoms with Crippen LogP contribution in [0.25, 0.3) is 10.6 Å². The van der Waals surface area contributed by atoms with Crippen molar-refractivity contribution in [3.63, 3.8) is 0 Å². The van der Waals surface area contributed by atoms with Gasteiger partial charge in [-0.25, -0.2) is 9.78 Å². The summed E-state index contributed by atoms with van der Waals surface area (Å²) in [6.07, 6.45) is 5.13. The highest BCUT2D eigenvalue weighted by atomic mass is 32.1. The summed E-state index contributed by atoms with van der Waals surface area (Å²) >= 11 is 1.29. The molecule has 3 rings (SSSR count). The third-order valence-corrected chi connectivity index (χ3v) is 4.33. The van der Waals surface area contributed by atoms with Crippen LogP contribution in [0.15, 0.2) is 42.9 Å². The number of carbonyl (C=O) groups is 1. The molecule has 2 N–H and O–H groups in total. The molecule has 0 aromatic carbocycles. The van der Waals surface area contributed by atoms with E-state index >= 15 is 0 Å². The van der Waals surface area contributed by atoms with Crippen molar-refractivity contribution >= 4 is 28.3 Å². The van der Waals surface area contributed by atoms with Crippen LogP contribution in [0.4, 0.5) is 15.7 Å². The van der Waals surface area contributed by atoms with Crippen molar-refractivity contribution < 1.29 is 4.79 Å². The van der Waals surface area contributed by atoms with Crippen molar-refractivity contribution in [1.29, 1.82) is 0 Å². The molecule has 7 nitrogen and oxygen atoms in total. The van der Waals surface area contributed by atoms with Crippen LogP contribution in [-0.2, 0) is 5.41 Å². The van der Waals surface area contributed by atoms with E-state index in [1.165, 1.54) is 11.3 Å². The Balaban J connectivity index is 1.62. The normalized spacial score (nSPS) is 11.2. The van der Waals surface area contributed by atoms with Crippen molar-refractivity contribution in [2.75, 3.05) is 10.6 Å². The van der Waals surface area contributed by atoms with Crippen LogP contribution in [0.2, 0.25) is 0 Å². The Morgan fingerprint density at radius 1 is 1.04 bits per heavy atom. The summed E-state index contributed by atoms with van der Waals surface area (Å²) < 4.78 is 0. The molecule has 2 amide bonds. The Hall–Kier alpha value is -2.87. The number of carbonyl (C=O) groups excluding carboxylic acids is 1. The van der Waals surface area contributed by atoms with Crippen molar-refractivity contribution in [1.82, 2.24) is 20.2 Å². The molecule has 25 heavy (non-hydrogen) atoms. The Morgan fingerprint density at radius 3 is 2.44 bits per heavy atom. The quantitative estimate of drug-likeness (QED) is 0.743. The van der Waals surface area contributed by atoms with Crippen molar-refractivity contribution in [2.24, 2.45) is 0 Å². The lowest BCUT2D eigenvalue weighted by Gasteiger charge is -2.18. The highest BCUT2D eigenvalue weighted by molar-refractivity contribution is 7.18. The van der Waals surface area contributed by atoms with Gasteiger partial charge >= 0.3 is 6.03 Å². The second-order valence-electron chi connectivity index (χ2n) is 6.41. The van der Waals surface area contributed by atoms with Crippen LogP contribution in [0.1, 0.15) is 26.3 Å². The summed E-state index contributed by atoms with van der Waals surface area (Å²) in [6, 6.07) is 7.00. The Kier molecular flexibility index (Phi) is 4.71. The van der Waals surface area contributed by atoms with E-state index in [2.05, 4.69) is 51.6 Å². The van der Waals surface area contributed by atoms with E-state index in [-0.39, 0.29) is 5.41 Å². The van der Waals surface area contributed by atoms with E-state index < -0.39 is 6.03 Å². The monoisotopic (exact) mass is 354 g/mol. The van der Waals surface area contributed by atoms with Gasteiger partial charge in [-0.1, -0.05) is 38.2 Å². The zero-order valence-corrected chi connectivity index (χ0v) is 15.0. The fraction of sp³-hybridized carbons (Fsp3) is 0.235. The topological polar surface area (TPSA) is 92.7 Å². The lowest BCUT2D eigenvalue weighted by molar-refractivity contribution is 0.262. The van der Waals surface area contributed by atoms with Crippen LogP contribution in [0.3, 0.4) is 0 Å². The van der Waals surface area contributed by atoms with E-state index in [4.69, 9.17) is 0 Å². The van der Waals surface area contributed by atoms with Gasteiger partial charge in [-0.15, -0.1) is 10.2 Å². The fourth-order valence-corrected chi connectivity index (χ4v) is 2.79. The number of hydrogen-bond donors (Lipinski definition) is 2. The zero-order chi connectivity index (χ0) is 17.9. The van der Waals surface area contributed by atoms with Crippen molar-refractivity contribution in [2.45, 2.75) is 26.2 Å². The molecule has 0 bridgehead atoms. The van der Waals surface area contributed by atoms with Gasteiger partial charge in [0.2, 0.25) is 5.13 Å². The second kappa shape index (κ2) is 6.94. The van der Waals surface area contributed by atoms with Crippen LogP contribution >= 0.6 is 11.3 Å². The maximum atomic E-state index is 12.1. The summed E-state index contributed by atoms with van der Waals surface area (Å²) in [5.41, 5.74) is 2.02. The molecule has 3 aromatic rings. The SMILES string of the molecule is CC(C)(C)c1ccc(NC(=O)Nc2nnc(-c3ccncc3)s2)nc1.